The molecule has 3 heterocycles. The Morgan fingerprint density at radius 2 is 1.57 bits per heavy atom. The molecule has 200 valence electrons. The number of aromatic nitrogens is 1. The van der Waals surface area contributed by atoms with Crippen LogP contribution in [0.1, 0.15) is 31.2 Å². The van der Waals surface area contributed by atoms with Crippen molar-refractivity contribution >= 4 is 11.9 Å². The molecule has 8 nitrogen and oxygen atoms in total. The van der Waals surface area contributed by atoms with E-state index < -0.39 is 24.3 Å². The van der Waals surface area contributed by atoms with Gasteiger partial charge in [-0.05, 0) is 56.3 Å². The van der Waals surface area contributed by atoms with Gasteiger partial charge in [0.1, 0.15) is 0 Å². The zero-order valence-corrected chi connectivity index (χ0v) is 18.9. The van der Waals surface area contributed by atoms with Crippen molar-refractivity contribution in [3.8, 4) is 0 Å². The number of rotatable bonds is 5. The number of piperidine rings is 1. The average Bonchev–Trinajstić information content (AvgIpc) is 3.16. The molecule has 0 aromatic carbocycles. The van der Waals surface area contributed by atoms with Gasteiger partial charge >= 0.3 is 24.3 Å². The SMILES string of the molecule is CN1CCC2(CC1)OCCC2CCOCc1ccncc1.O=C(O)C(F)(F)F.O=C(O)C(F)(F)F. The number of nitrogens with zero attached hydrogens (tertiary/aromatic N) is 2. The van der Waals surface area contributed by atoms with Gasteiger partial charge in [0.25, 0.3) is 0 Å². The number of aliphatic carboxylic acids is 2. The van der Waals surface area contributed by atoms with Crippen LogP contribution in [-0.2, 0) is 25.7 Å². The van der Waals surface area contributed by atoms with Crippen LogP contribution in [0.4, 0.5) is 26.3 Å². The molecule has 14 heteroatoms. The Labute approximate surface area is 197 Å². The van der Waals surface area contributed by atoms with Crippen LogP contribution >= 0.6 is 0 Å². The molecule has 2 aliphatic rings. The fourth-order valence-electron chi connectivity index (χ4n) is 3.64. The van der Waals surface area contributed by atoms with Crippen LogP contribution in [-0.4, -0.2) is 83.3 Å². The molecular formula is C21H28F6N2O6. The largest absolute Gasteiger partial charge is 0.490 e. The molecule has 0 aliphatic carbocycles. The molecule has 0 amide bonds. The molecule has 2 saturated heterocycles. The standard InChI is InChI=1S/C17H26N2O2.2C2HF3O2/c1-19-10-6-17(7-11-19)16(5-13-21-17)4-12-20-14-15-2-8-18-9-3-15;2*3-2(4,5)1(6)7/h2-3,8-9,16H,4-7,10-14H2,1H3;2*(H,6,7). The molecule has 0 saturated carbocycles. The molecule has 1 atom stereocenters. The summed E-state index contributed by atoms with van der Waals surface area (Å²) in [4.78, 5) is 24.2. The number of pyridine rings is 1. The lowest BCUT2D eigenvalue weighted by atomic mass is 9.78. The Kier molecular flexibility index (Phi) is 11.9. The Morgan fingerprint density at radius 3 is 2.03 bits per heavy atom. The van der Waals surface area contributed by atoms with Crippen LogP contribution in [0.15, 0.2) is 24.5 Å². The van der Waals surface area contributed by atoms with Gasteiger partial charge in [0.2, 0.25) is 0 Å². The highest BCUT2D eigenvalue weighted by atomic mass is 19.4. The van der Waals surface area contributed by atoms with E-state index in [1.165, 1.54) is 24.8 Å². The van der Waals surface area contributed by atoms with Crippen LogP contribution in [0, 0.1) is 5.92 Å². The number of halogens is 6. The molecule has 35 heavy (non-hydrogen) atoms. The summed E-state index contributed by atoms with van der Waals surface area (Å²) in [6.07, 6.45) is -1.86. The van der Waals surface area contributed by atoms with Crippen molar-refractivity contribution < 1.29 is 55.6 Å². The number of ether oxygens (including phenoxy) is 2. The van der Waals surface area contributed by atoms with E-state index in [0.29, 0.717) is 12.5 Å². The van der Waals surface area contributed by atoms with Gasteiger partial charge in [-0.1, -0.05) is 0 Å². The third-order valence-electron chi connectivity index (χ3n) is 5.55. The molecule has 1 aromatic rings. The second kappa shape index (κ2) is 13.6. The summed E-state index contributed by atoms with van der Waals surface area (Å²) in [5, 5.41) is 14.2. The van der Waals surface area contributed by atoms with Gasteiger partial charge in [-0.3, -0.25) is 4.98 Å². The number of hydrogen-bond acceptors (Lipinski definition) is 6. The summed E-state index contributed by atoms with van der Waals surface area (Å²) in [6.45, 7) is 4.77. The topological polar surface area (TPSA) is 109 Å². The highest BCUT2D eigenvalue weighted by Crippen LogP contribution is 2.42. The minimum Gasteiger partial charge on any atom is -0.475 e. The minimum atomic E-state index is -5.08. The van der Waals surface area contributed by atoms with Gasteiger partial charge in [-0.25, -0.2) is 9.59 Å². The summed E-state index contributed by atoms with van der Waals surface area (Å²) in [6, 6.07) is 4.02. The zero-order chi connectivity index (χ0) is 26.7. The maximum absolute atomic E-state index is 10.6. The van der Waals surface area contributed by atoms with Gasteiger partial charge in [-0.2, -0.15) is 26.3 Å². The summed E-state index contributed by atoms with van der Waals surface area (Å²) in [7, 11) is 2.20. The first-order chi connectivity index (χ1) is 16.2. The van der Waals surface area contributed by atoms with Gasteiger partial charge in [-0.15, -0.1) is 0 Å². The minimum absolute atomic E-state index is 0.145. The highest BCUT2D eigenvalue weighted by molar-refractivity contribution is 5.73. The molecule has 1 unspecified atom stereocenters. The third-order valence-corrected chi connectivity index (χ3v) is 5.55. The van der Waals surface area contributed by atoms with Crippen molar-refractivity contribution in [3.63, 3.8) is 0 Å². The van der Waals surface area contributed by atoms with Crippen molar-refractivity contribution in [1.29, 1.82) is 0 Å². The monoisotopic (exact) mass is 518 g/mol. The lowest BCUT2D eigenvalue weighted by molar-refractivity contribution is -0.193. The van der Waals surface area contributed by atoms with E-state index in [-0.39, 0.29) is 5.60 Å². The van der Waals surface area contributed by atoms with E-state index in [4.69, 9.17) is 29.3 Å². The van der Waals surface area contributed by atoms with Crippen LogP contribution in [0.5, 0.6) is 0 Å². The average molecular weight is 518 g/mol. The Hall–Kier alpha value is -2.45. The number of alkyl halides is 6. The fraction of sp³-hybridized carbons (Fsp3) is 0.667. The molecule has 1 spiro atoms. The van der Waals surface area contributed by atoms with Gasteiger partial charge in [0, 0.05) is 38.7 Å². The molecule has 0 bridgehead atoms. The van der Waals surface area contributed by atoms with Crippen molar-refractivity contribution in [1.82, 2.24) is 9.88 Å². The number of carboxylic acids is 2. The predicted molar refractivity (Wildman–Crippen MR) is 109 cm³/mol. The van der Waals surface area contributed by atoms with E-state index in [9.17, 15) is 26.3 Å². The highest BCUT2D eigenvalue weighted by Gasteiger charge is 2.45. The lowest BCUT2D eigenvalue weighted by Gasteiger charge is -2.41. The first kappa shape index (κ1) is 30.6. The normalized spacial score (nSPS) is 19.8. The van der Waals surface area contributed by atoms with E-state index >= 15 is 0 Å². The first-order valence-corrected chi connectivity index (χ1v) is 10.6. The Balaban J connectivity index is 0.000000362. The lowest BCUT2D eigenvalue weighted by Crippen LogP contribution is -2.46. The summed E-state index contributed by atoms with van der Waals surface area (Å²) in [5.74, 6) is -4.84. The van der Waals surface area contributed by atoms with Gasteiger partial charge < -0.3 is 24.6 Å². The smallest absolute Gasteiger partial charge is 0.475 e. The van der Waals surface area contributed by atoms with Crippen molar-refractivity contribution in [2.75, 3.05) is 33.4 Å². The summed E-state index contributed by atoms with van der Waals surface area (Å²) < 4.78 is 75.5. The third kappa shape index (κ3) is 11.2. The molecule has 2 fully saturated rings. The Bertz CT molecular complexity index is 759. The van der Waals surface area contributed by atoms with Crippen molar-refractivity contribution in [2.45, 2.75) is 50.2 Å². The van der Waals surface area contributed by atoms with E-state index in [1.54, 1.807) is 0 Å². The quantitative estimate of drug-likeness (QED) is 0.448. The molecule has 2 N–H and O–H groups in total. The van der Waals surface area contributed by atoms with Gasteiger partial charge in [0.15, 0.2) is 0 Å². The predicted octanol–water partition coefficient (Wildman–Crippen LogP) is 3.76. The zero-order valence-electron chi connectivity index (χ0n) is 18.9. The van der Waals surface area contributed by atoms with Crippen LogP contribution in [0.2, 0.25) is 0 Å². The van der Waals surface area contributed by atoms with E-state index in [2.05, 4.69) is 16.9 Å². The number of carboxylic acid groups (broad SMARTS) is 2. The molecule has 3 rings (SSSR count). The van der Waals surface area contributed by atoms with Crippen LogP contribution < -0.4 is 0 Å². The molecular weight excluding hydrogens is 490 g/mol. The summed E-state index contributed by atoms with van der Waals surface area (Å²) >= 11 is 0. The summed E-state index contributed by atoms with van der Waals surface area (Å²) in [5.41, 5.74) is 1.34. The Morgan fingerprint density at radius 1 is 1.09 bits per heavy atom. The number of carbonyl (C=O) groups is 2. The van der Waals surface area contributed by atoms with Gasteiger partial charge in [0.05, 0.1) is 12.2 Å². The van der Waals surface area contributed by atoms with Crippen LogP contribution in [0.25, 0.3) is 0 Å². The van der Waals surface area contributed by atoms with Crippen molar-refractivity contribution in [3.05, 3.63) is 30.1 Å². The molecule has 1 aromatic heterocycles. The molecule has 2 aliphatic heterocycles. The maximum Gasteiger partial charge on any atom is 0.490 e. The second-order valence-corrected chi connectivity index (χ2v) is 8.00. The van der Waals surface area contributed by atoms with E-state index in [0.717, 1.165) is 32.7 Å². The molecule has 0 radical (unpaired) electrons. The number of hydrogen-bond donors (Lipinski definition) is 2. The fourth-order valence-corrected chi connectivity index (χ4v) is 3.64. The number of likely N-dealkylation sites (tertiary alicyclic amines) is 1. The van der Waals surface area contributed by atoms with Crippen molar-refractivity contribution in [2.24, 2.45) is 5.92 Å². The maximum atomic E-state index is 10.6. The first-order valence-electron chi connectivity index (χ1n) is 10.6. The van der Waals surface area contributed by atoms with Crippen LogP contribution in [0.3, 0.4) is 0 Å². The van der Waals surface area contributed by atoms with E-state index in [1.807, 2.05) is 24.5 Å². The second-order valence-electron chi connectivity index (χ2n) is 8.00.